The molecule has 0 spiro atoms. The Bertz CT molecular complexity index is 365. The zero-order chi connectivity index (χ0) is 9.97. The first kappa shape index (κ1) is 10.2. The highest BCUT2D eigenvalue weighted by Crippen LogP contribution is 2.26. The van der Waals surface area contributed by atoms with Gasteiger partial charge in [-0.25, -0.2) is 0 Å². The van der Waals surface area contributed by atoms with E-state index in [0.29, 0.717) is 10.0 Å². The van der Waals surface area contributed by atoms with Crippen molar-refractivity contribution in [1.29, 1.82) is 0 Å². The zero-order valence-corrected chi connectivity index (χ0v) is 9.74. The Morgan fingerprint density at radius 1 is 1.29 bits per heavy atom. The summed E-state index contributed by atoms with van der Waals surface area (Å²) in [7, 11) is 0. The van der Waals surface area contributed by atoms with E-state index in [1.165, 1.54) is 5.56 Å². The summed E-state index contributed by atoms with van der Waals surface area (Å²) in [4.78, 5) is 0. The van der Waals surface area contributed by atoms with Crippen molar-refractivity contribution in [1.82, 2.24) is 4.31 Å². The molecule has 2 rings (SSSR count). The monoisotopic (exact) mass is 245 g/mol. The van der Waals surface area contributed by atoms with E-state index in [4.69, 9.17) is 23.2 Å². The van der Waals surface area contributed by atoms with E-state index in [1.807, 2.05) is 18.2 Å². The lowest BCUT2D eigenvalue weighted by molar-refractivity contribution is 0.628. The summed E-state index contributed by atoms with van der Waals surface area (Å²) in [5.74, 6) is 1.06. The molecule has 1 aromatic carbocycles. The Hall–Kier alpha value is -0.310. The smallest absolute Gasteiger partial charge is 0.0595 e. The fourth-order valence-corrected chi connectivity index (χ4v) is 2.36. The first-order chi connectivity index (χ1) is 6.75. The number of nitrogens with zero attached hydrogens (tertiary/aromatic N) is 1. The molecule has 1 nitrogen and oxygen atoms in total. The predicted molar refractivity (Wildman–Crippen MR) is 63.6 cm³/mol. The van der Waals surface area contributed by atoms with Gasteiger partial charge >= 0.3 is 0 Å². The van der Waals surface area contributed by atoms with Gasteiger partial charge in [0.05, 0.1) is 16.6 Å². The van der Waals surface area contributed by atoms with Crippen LogP contribution in [0.25, 0.3) is 0 Å². The molecular formula is C10H9Cl2NS. The molecule has 74 valence electrons. The van der Waals surface area contributed by atoms with Crippen molar-refractivity contribution < 1.29 is 0 Å². The molecule has 0 N–H and O–H groups in total. The molecule has 1 aromatic rings. The average Bonchev–Trinajstić information content (AvgIpc) is 2.64. The highest BCUT2D eigenvalue weighted by Gasteiger charge is 2.07. The lowest BCUT2D eigenvalue weighted by Crippen LogP contribution is -2.04. The van der Waals surface area contributed by atoms with Gasteiger partial charge in [-0.1, -0.05) is 35.3 Å². The maximum Gasteiger partial charge on any atom is 0.0595 e. The molecule has 14 heavy (non-hydrogen) atoms. The van der Waals surface area contributed by atoms with Crippen molar-refractivity contribution in [3.8, 4) is 0 Å². The van der Waals surface area contributed by atoms with Crippen LogP contribution in [0.15, 0.2) is 30.5 Å². The molecule has 0 unspecified atom stereocenters. The largest absolute Gasteiger partial charge is 0.319 e. The minimum absolute atomic E-state index is 0.611. The van der Waals surface area contributed by atoms with Crippen LogP contribution in [0.1, 0.15) is 5.56 Å². The Kier molecular flexibility index (Phi) is 3.26. The lowest BCUT2D eigenvalue weighted by atomic mass is 10.2. The molecule has 0 amide bonds. The van der Waals surface area contributed by atoms with E-state index in [9.17, 15) is 0 Å². The van der Waals surface area contributed by atoms with Crippen LogP contribution >= 0.6 is 35.1 Å². The van der Waals surface area contributed by atoms with Gasteiger partial charge in [0.15, 0.2) is 0 Å². The summed E-state index contributed by atoms with van der Waals surface area (Å²) in [6.45, 7) is 0.873. The maximum atomic E-state index is 5.92. The van der Waals surface area contributed by atoms with Crippen LogP contribution in [0.4, 0.5) is 0 Å². The van der Waals surface area contributed by atoms with Gasteiger partial charge in [0.2, 0.25) is 0 Å². The second-order valence-corrected chi connectivity index (χ2v) is 4.88. The first-order valence-corrected chi connectivity index (χ1v) is 5.96. The molecule has 0 radical (unpaired) electrons. The number of halogens is 2. The molecule has 1 aliphatic rings. The van der Waals surface area contributed by atoms with Gasteiger partial charge in [-0.15, -0.1) is 0 Å². The number of hydrogen-bond acceptors (Lipinski definition) is 2. The Balaban J connectivity index is 2.09. The summed E-state index contributed by atoms with van der Waals surface area (Å²) in [5.41, 5.74) is 1.18. The normalized spacial score (nSPS) is 15.1. The standard InChI is InChI=1S/C10H9Cl2NS/c11-9-3-2-8(6-10(9)12)7-13-4-1-5-14-13/h1-4,6H,5,7H2. The topological polar surface area (TPSA) is 3.24 Å². The van der Waals surface area contributed by atoms with Gasteiger partial charge in [-0.05, 0) is 29.6 Å². The fourth-order valence-electron chi connectivity index (χ4n) is 1.26. The molecule has 0 saturated heterocycles. The zero-order valence-electron chi connectivity index (χ0n) is 7.41. The molecule has 0 bridgehead atoms. The molecule has 1 aliphatic heterocycles. The van der Waals surface area contributed by atoms with Crippen LogP contribution in [-0.2, 0) is 6.54 Å². The molecule has 4 heteroatoms. The van der Waals surface area contributed by atoms with Gasteiger partial charge in [-0.3, -0.25) is 0 Å². The second-order valence-electron chi connectivity index (χ2n) is 3.00. The SMILES string of the molecule is Clc1ccc(CN2C=CCS2)cc1Cl. The minimum Gasteiger partial charge on any atom is -0.319 e. The maximum absolute atomic E-state index is 5.92. The summed E-state index contributed by atoms with van der Waals surface area (Å²) < 4.78 is 2.18. The van der Waals surface area contributed by atoms with Gasteiger partial charge in [-0.2, -0.15) is 0 Å². The van der Waals surface area contributed by atoms with Crippen LogP contribution in [0, 0.1) is 0 Å². The van der Waals surface area contributed by atoms with Crippen LogP contribution in [0.5, 0.6) is 0 Å². The van der Waals surface area contributed by atoms with Crippen molar-refractivity contribution in [3.63, 3.8) is 0 Å². The number of rotatable bonds is 2. The first-order valence-electron chi connectivity index (χ1n) is 4.26. The van der Waals surface area contributed by atoms with Crippen molar-refractivity contribution in [3.05, 3.63) is 46.1 Å². The van der Waals surface area contributed by atoms with Gasteiger partial charge < -0.3 is 4.31 Å². The van der Waals surface area contributed by atoms with Crippen molar-refractivity contribution in [2.45, 2.75) is 6.54 Å². The number of benzene rings is 1. The molecule has 1 heterocycles. The lowest BCUT2D eigenvalue weighted by Gasteiger charge is -2.13. The molecular weight excluding hydrogens is 237 g/mol. The third-order valence-corrected chi connectivity index (χ3v) is 3.59. The van der Waals surface area contributed by atoms with Crippen LogP contribution in [0.3, 0.4) is 0 Å². The molecule has 0 aromatic heterocycles. The van der Waals surface area contributed by atoms with E-state index in [0.717, 1.165) is 12.3 Å². The van der Waals surface area contributed by atoms with Gasteiger partial charge in [0, 0.05) is 12.0 Å². The molecule has 0 saturated carbocycles. The Morgan fingerprint density at radius 2 is 2.14 bits per heavy atom. The van der Waals surface area contributed by atoms with Crippen molar-refractivity contribution in [2.75, 3.05) is 5.75 Å². The molecule has 0 fully saturated rings. The fraction of sp³-hybridized carbons (Fsp3) is 0.200. The molecule has 0 atom stereocenters. The summed E-state index contributed by atoms with van der Waals surface area (Å²) >= 11 is 13.5. The molecule has 0 aliphatic carbocycles. The summed E-state index contributed by atoms with van der Waals surface area (Å²) in [6, 6.07) is 5.75. The van der Waals surface area contributed by atoms with Gasteiger partial charge in [0.1, 0.15) is 0 Å². The van der Waals surface area contributed by atoms with E-state index >= 15 is 0 Å². The Labute approximate surface area is 97.8 Å². The second kappa shape index (κ2) is 4.47. The average molecular weight is 246 g/mol. The Morgan fingerprint density at radius 3 is 2.79 bits per heavy atom. The minimum atomic E-state index is 0.611. The summed E-state index contributed by atoms with van der Waals surface area (Å²) in [6.07, 6.45) is 4.23. The number of hydrogen-bond donors (Lipinski definition) is 0. The van der Waals surface area contributed by atoms with Crippen molar-refractivity contribution >= 4 is 35.1 Å². The van der Waals surface area contributed by atoms with Crippen molar-refractivity contribution in [2.24, 2.45) is 0 Å². The van der Waals surface area contributed by atoms with Gasteiger partial charge in [0.25, 0.3) is 0 Å². The van der Waals surface area contributed by atoms with Crippen LogP contribution in [0.2, 0.25) is 10.0 Å². The third kappa shape index (κ3) is 2.38. The van der Waals surface area contributed by atoms with E-state index in [2.05, 4.69) is 16.6 Å². The van der Waals surface area contributed by atoms with Crippen LogP contribution in [-0.4, -0.2) is 10.1 Å². The van der Waals surface area contributed by atoms with E-state index < -0.39 is 0 Å². The predicted octanol–water partition coefficient (Wildman–Crippen LogP) is 3.97. The highest BCUT2D eigenvalue weighted by atomic mass is 35.5. The van der Waals surface area contributed by atoms with Crippen LogP contribution < -0.4 is 0 Å². The quantitative estimate of drug-likeness (QED) is 0.726. The highest BCUT2D eigenvalue weighted by molar-refractivity contribution is 7.97. The van der Waals surface area contributed by atoms with E-state index in [1.54, 1.807) is 11.9 Å². The van der Waals surface area contributed by atoms with E-state index in [-0.39, 0.29) is 0 Å². The third-order valence-electron chi connectivity index (χ3n) is 1.93. The summed E-state index contributed by atoms with van der Waals surface area (Å²) in [5, 5.41) is 1.23.